The molecule has 156 valence electrons. The molecule has 0 aliphatic rings. The van der Waals surface area contributed by atoms with Gasteiger partial charge in [-0.2, -0.15) is 0 Å². The van der Waals surface area contributed by atoms with E-state index in [1.54, 1.807) is 12.1 Å². The van der Waals surface area contributed by atoms with E-state index >= 15 is 0 Å². The van der Waals surface area contributed by atoms with E-state index in [4.69, 9.17) is 0 Å². The zero-order chi connectivity index (χ0) is 21.1. The van der Waals surface area contributed by atoms with Crippen molar-refractivity contribution in [3.63, 3.8) is 0 Å². The predicted octanol–water partition coefficient (Wildman–Crippen LogP) is 5.46. The van der Waals surface area contributed by atoms with E-state index in [-0.39, 0.29) is 24.0 Å². The van der Waals surface area contributed by atoms with Crippen LogP contribution in [0.15, 0.2) is 54.6 Å². The molecule has 2 rings (SSSR count). The zero-order valence-electron chi connectivity index (χ0n) is 17.1. The number of Topliss-reactive ketones (excluding diaryl/α,β-unsaturated/α-hetero) is 1. The summed E-state index contributed by atoms with van der Waals surface area (Å²) in [6.07, 6.45) is 5.26. The Balaban J connectivity index is 1.99. The highest BCUT2D eigenvalue weighted by Gasteiger charge is 2.20. The van der Waals surface area contributed by atoms with Gasteiger partial charge in [0.25, 0.3) is 5.69 Å². The molecule has 2 aromatic rings. The summed E-state index contributed by atoms with van der Waals surface area (Å²) >= 11 is 0. The number of aliphatic hydroxyl groups is 1. The number of aliphatic hydroxyl groups excluding tert-OH is 1. The van der Waals surface area contributed by atoms with Crippen molar-refractivity contribution in [2.45, 2.75) is 57.8 Å². The van der Waals surface area contributed by atoms with Crippen LogP contribution in [0.1, 0.15) is 62.5 Å². The van der Waals surface area contributed by atoms with Gasteiger partial charge in [-0.3, -0.25) is 14.9 Å². The van der Waals surface area contributed by atoms with Crippen LogP contribution in [-0.4, -0.2) is 22.4 Å². The molecule has 0 fully saturated rings. The third-order valence-electron chi connectivity index (χ3n) is 5.40. The maximum Gasteiger partial charge on any atom is 0.269 e. The average molecular weight is 398 g/mol. The third kappa shape index (κ3) is 7.78. The summed E-state index contributed by atoms with van der Waals surface area (Å²) in [5, 5.41) is 20.5. The highest BCUT2D eigenvalue weighted by molar-refractivity contribution is 5.79. The fraction of sp³-hybridized carbons (Fsp3) is 0.458. The Hall–Kier alpha value is -2.53. The molecule has 29 heavy (non-hydrogen) atoms. The molecule has 0 aliphatic heterocycles. The van der Waals surface area contributed by atoms with Crippen molar-refractivity contribution >= 4 is 11.5 Å². The Morgan fingerprint density at radius 3 is 2.45 bits per heavy atom. The number of hydrogen-bond acceptors (Lipinski definition) is 4. The number of nitro benzene ring substituents is 1. The highest BCUT2D eigenvalue weighted by atomic mass is 16.6. The lowest BCUT2D eigenvalue weighted by Crippen LogP contribution is -2.14. The number of carbonyl (C=O) groups is 1. The maximum absolute atomic E-state index is 12.8. The van der Waals surface area contributed by atoms with Crippen LogP contribution in [0.3, 0.4) is 0 Å². The van der Waals surface area contributed by atoms with Gasteiger partial charge >= 0.3 is 0 Å². The molecular weight excluding hydrogens is 366 g/mol. The van der Waals surface area contributed by atoms with Crippen molar-refractivity contribution < 1.29 is 14.8 Å². The molecule has 0 aromatic heterocycles. The van der Waals surface area contributed by atoms with Crippen LogP contribution in [-0.2, 0) is 11.2 Å². The minimum Gasteiger partial charge on any atom is -0.396 e. The molecule has 5 heteroatoms. The van der Waals surface area contributed by atoms with Gasteiger partial charge in [0.15, 0.2) is 0 Å². The van der Waals surface area contributed by atoms with Crippen molar-refractivity contribution in [3.8, 4) is 0 Å². The van der Waals surface area contributed by atoms with Crippen LogP contribution >= 0.6 is 0 Å². The Labute approximate surface area is 172 Å². The molecule has 1 N–H and O–H groups in total. The van der Waals surface area contributed by atoms with Crippen molar-refractivity contribution in [2.75, 3.05) is 6.61 Å². The van der Waals surface area contributed by atoms with Gasteiger partial charge in [0, 0.05) is 31.6 Å². The second kappa shape index (κ2) is 12.1. The van der Waals surface area contributed by atoms with E-state index in [0.717, 1.165) is 31.2 Å². The minimum atomic E-state index is -0.428. The fourth-order valence-corrected chi connectivity index (χ4v) is 3.89. The number of nitro groups is 1. The molecule has 0 aliphatic carbocycles. The Morgan fingerprint density at radius 1 is 1.03 bits per heavy atom. The quantitative estimate of drug-likeness (QED) is 0.359. The van der Waals surface area contributed by atoms with Crippen molar-refractivity contribution in [1.29, 1.82) is 0 Å². The number of non-ortho nitro benzene ring substituents is 1. The SMILES string of the molecule is CCCC(CCc1ccccc1)CC(=O)CC(CCO)c1cccc([N+](=O)[O-])c1. The second-order valence-corrected chi connectivity index (χ2v) is 7.69. The van der Waals surface area contributed by atoms with E-state index in [2.05, 4.69) is 19.1 Å². The van der Waals surface area contributed by atoms with Crippen LogP contribution < -0.4 is 0 Å². The van der Waals surface area contributed by atoms with Crippen molar-refractivity contribution in [3.05, 3.63) is 75.8 Å². The van der Waals surface area contributed by atoms with Crippen LogP contribution in [0.4, 0.5) is 5.69 Å². The summed E-state index contributed by atoms with van der Waals surface area (Å²) in [6.45, 7) is 2.09. The summed E-state index contributed by atoms with van der Waals surface area (Å²) < 4.78 is 0. The monoisotopic (exact) mass is 397 g/mol. The number of benzene rings is 2. The smallest absolute Gasteiger partial charge is 0.269 e. The molecule has 2 unspecified atom stereocenters. The van der Waals surface area contributed by atoms with Crippen LogP contribution in [0.2, 0.25) is 0 Å². The van der Waals surface area contributed by atoms with Crippen LogP contribution in [0, 0.1) is 16.0 Å². The van der Waals surface area contributed by atoms with Crippen LogP contribution in [0.25, 0.3) is 0 Å². The lowest BCUT2D eigenvalue weighted by molar-refractivity contribution is -0.384. The van der Waals surface area contributed by atoms with Crippen molar-refractivity contribution in [2.24, 2.45) is 5.92 Å². The van der Waals surface area contributed by atoms with Crippen LogP contribution in [0.5, 0.6) is 0 Å². The summed E-state index contributed by atoms with van der Waals surface area (Å²) in [4.78, 5) is 23.4. The van der Waals surface area contributed by atoms with Gasteiger partial charge in [0.05, 0.1) is 4.92 Å². The highest BCUT2D eigenvalue weighted by Crippen LogP contribution is 2.29. The number of hydrogen-bond donors (Lipinski definition) is 1. The zero-order valence-corrected chi connectivity index (χ0v) is 17.1. The molecule has 0 saturated heterocycles. The maximum atomic E-state index is 12.8. The Bertz CT molecular complexity index is 775. The number of ketones is 1. The molecule has 0 amide bonds. The molecule has 0 heterocycles. The first-order valence-corrected chi connectivity index (χ1v) is 10.4. The number of nitrogens with zero attached hydrogens (tertiary/aromatic N) is 1. The van der Waals surface area contributed by atoms with Gasteiger partial charge in [0.1, 0.15) is 5.78 Å². The molecule has 0 saturated carbocycles. The Morgan fingerprint density at radius 2 is 1.79 bits per heavy atom. The molecular formula is C24H31NO4. The van der Waals surface area contributed by atoms with Gasteiger partial charge in [-0.1, -0.05) is 62.2 Å². The van der Waals surface area contributed by atoms with Gasteiger partial charge < -0.3 is 5.11 Å². The number of aryl methyl sites for hydroxylation is 1. The first-order chi connectivity index (χ1) is 14.0. The van der Waals surface area contributed by atoms with Gasteiger partial charge in [-0.05, 0) is 42.2 Å². The van der Waals surface area contributed by atoms with Gasteiger partial charge in [0.2, 0.25) is 0 Å². The molecule has 0 spiro atoms. The lowest BCUT2D eigenvalue weighted by atomic mass is 9.85. The summed E-state index contributed by atoms with van der Waals surface area (Å²) in [5.74, 6) is 0.317. The molecule has 0 bridgehead atoms. The largest absolute Gasteiger partial charge is 0.396 e. The predicted molar refractivity (Wildman–Crippen MR) is 115 cm³/mol. The van der Waals surface area contributed by atoms with E-state index < -0.39 is 4.92 Å². The van der Waals surface area contributed by atoms with E-state index in [1.807, 2.05) is 18.2 Å². The summed E-state index contributed by atoms with van der Waals surface area (Å²) in [7, 11) is 0. The number of carbonyl (C=O) groups excluding carboxylic acids is 1. The molecule has 2 atom stereocenters. The lowest BCUT2D eigenvalue weighted by Gasteiger charge is -2.19. The molecule has 5 nitrogen and oxygen atoms in total. The van der Waals surface area contributed by atoms with Crippen molar-refractivity contribution in [1.82, 2.24) is 0 Å². The normalized spacial score (nSPS) is 13.0. The summed E-state index contributed by atoms with van der Waals surface area (Å²) in [5.41, 5.74) is 2.05. The van der Waals surface area contributed by atoms with E-state index in [1.165, 1.54) is 17.7 Å². The second-order valence-electron chi connectivity index (χ2n) is 7.69. The summed E-state index contributed by atoms with van der Waals surface area (Å²) in [6, 6.07) is 16.7. The molecule has 0 radical (unpaired) electrons. The third-order valence-corrected chi connectivity index (χ3v) is 5.40. The Kier molecular flexibility index (Phi) is 9.51. The first-order valence-electron chi connectivity index (χ1n) is 10.4. The first kappa shape index (κ1) is 22.8. The van der Waals surface area contributed by atoms with E-state index in [9.17, 15) is 20.0 Å². The minimum absolute atomic E-state index is 0.0182. The van der Waals surface area contributed by atoms with E-state index in [0.29, 0.717) is 25.2 Å². The van der Waals surface area contributed by atoms with Gasteiger partial charge in [-0.15, -0.1) is 0 Å². The average Bonchev–Trinajstić information content (AvgIpc) is 2.72. The standard InChI is InChI=1S/C24H31NO4/c1-2-7-20(13-12-19-8-4-3-5-9-19)16-24(27)18-22(14-15-26)21-10-6-11-23(17-21)25(28)29/h3-6,8-11,17,20,22,26H,2,7,12-16,18H2,1H3. The topological polar surface area (TPSA) is 80.4 Å². The molecule has 2 aromatic carbocycles. The van der Waals surface area contributed by atoms with Gasteiger partial charge in [-0.25, -0.2) is 0 Å². The fourth-order valence-electron chi connectivity index (χ4n) is 3.89. The number of rotatable bonds is 13.